The van der Waals surface area contributed by atoms with E-state index < -0.39 is 5.97 Å². The molecule has 1 aromatic rings. The van der Waals surface area contributed by atoms with Crippen LogP contribution in [0.5, 0.6) is 0 Å². The minimum absolute atomic E-state index is 0.0956. The van der Waals surface area contributed by atoms with Crippen LogP contribution in [0.3, 0.4) is 0 Å². The van der Waals surface area contributed by atoms with Crippen LogP contribution in [0, 0.1) is 0 Å². The summed E-state index contributed by atoms with van der Waals surface area (Å²) in [5.74, 6) is -1.01. The molecule has 1 rings (SSSR count). The fraction of sp³-hybridized carbons (Fsp3) is 0.125. The number of carbonyl (C=O) groups is 2. The molecule has 0 saturated heterocycles. The summed E-state index contributed by atoms with van der Waals surface area (Å²) in [5, 5.41) is 16.0. The third-order valence-corrected chi connectivity index (χ3v) is 2.60. The van der Waals surface area contributed by atoms with Crippen LogP contribution in [0.4, 0.5) is 5.69 Å². The van der Waals surface area contributed by atoms with Gasteiger partial charge in [0, 0.05) is 0 Å². The first-order valence-corrected chi connectivity index (χ1v) is 5.23. The number of aldehydes is 1. The van der Waals surface area contributed by atoms with Gasteiger partial charge in [-0.05, 0) is 23.7 Å². The number of hydrogen-bond donors (Lipinski definition) is 3. The molecule has 0 aliphatic carbocycles. The Hall–Kier alpha value is -1.47. The van der Waals surface area contributed by atoms with Crippen molar-refractivity contribution in [2.45, 2.75) is 0 Å². The van der Waals surface area contributed by atoms with Gasteiger partial charge >= 0.3 is 5.97 Å². The molecule has 15 heavy (non-hydrogen) atoms. The lowest BCUT2D eigenvalue weighted by molar-refractivity contribution is -0.106. The van der Waals surface area contributed by atoms with E-state index in [1.807, 2.05) is 0 Å². The second-order valence-electron chi connectivity index (χ2n) is 2.47. The molecule has 1 heterocycles. The third kappa shape index (κ3) is 3.30. The zero-order valence-corrected chi connectivity index (χ0v) is 9.15. The van der Waals surface area contributed by atoms with Crippen LogP contribution in [0.25, 0.3) is 0 Å². The van der Waals surface area contributed by atoms with E-state index in [2.05, 4.69) is 10.6 Å². The van der Waals surface area contributed by atoms with Gasteiger partial charge in [0.25, 0.3) is 0 Å². The number of nitrogens with one attached hydrogen (secondary N) is 2. The molecular weight excluding hydrogens is 236 g/mol. The summed E-state index contributed by atoms with van der Waals surface area (Å²) < 4.78 is 0. The summed E-state index contributed by atoms with van der Waals surface area (Å²) in [7, 11) is 0. The van der Waals surface area contributed by atoms with E-state index >= 15 is 0 Å². The maximum absolute atomic E-state index is 10.7. The molecule has 5 nitrogen and oxygen atoms in total. The molecule has 80 valence electrons. The van der Waals surface area contributed by atoms with Gasteiger partial charge < -0.3 is 20.5 Å². The Morgan fingerprint density at radius 3 is 3.00 bits per heavy atom. The van der Waals surface area contributed by atoms with Crippen LogP contribution in [0.2, 0.25) is 0 Å². The summed E-state index contributed by atoms with van der Waals surface area (Å²) in [6, 6.07) is 1.61. The maximum Gasteiger partial charge on any atom is 0.348 e. The molecular formula is C8H8N2O3S2. The zero-order valence-electron chi connectivity index (χ0n) is 7.52. The second-order valence-corrected chi connectivity index (χ2v) is 3.79. The molecule has 0 atom stereocenters. The second kappa shape index (κ2) is 5.42. The van der Waals surface area contributed by atoms with Gasteiger partial charge in [-0.2, -0.15) is 0 Å². The lowest BCUT2D eigenvalue weighted by Crippen LogP contribution is -2.30. The number of thiocarbonyl (C=S) groups is 1. The van der Waals surface area contributed by atoms with Crippen LogP contribution in [-0.2, 0) is 4.79 Å². The van der Waals surface area contributed by atoms with E-state index in [1.54, 1.807) is 11.4 Å². The molecule has 0 bridgehead atoms. The van der Waals surface area contributed by atoms with Crippen LogP contribution >= 0.6 is 23.6 Å². The highest BCUT2D eigenvalue weighted by Crippen LogP contribution is 2.21. The van der Waals surface area contributed by atoms with Crippen molar-refractivity contribution in [3.8, 4) is 0 Å². The summed E-state index contributed by atoms with van der Waals surface area (Å²) >= 11 is 5.95. The number of rotatable bonds is 4. The average Bonchev–Trinajstić information content (AvgIpc) is 2.62. The molecule has 0 aliphatic rings. The average molecular weight is 244 g/mol. The maximum atomic E-state index is 10.7. The minimum atomic E-state index is -1.01. The first kappa shape index (κ1) is 11.6. The number of aromatic carboxylic acids is 1. The number of carboxylic acids is 1. The standard InChI is InChI=1S/C8H8N2O3S2/c11-3-2-9-8(14)10-5-1-4-15-6(5)7(12)13/h1,3-4H,2H2,(H,12,13)(H2,9,10,14). The Morgan fingerprint density at radius 2 is 2.40 bits per heavy atom. The molecule has 0 aliphatic heterocycles. The fourth-order valence-electron chi connectivity index (χ4n) is 0.874. The predicted molar refractivity (Wildman–Crippen MR) is 61.6 cm³/mol. The number of carboxylic acid groups (broad SMARTS) is 1. The van der Waals surface area contributed by atoms with Crippen LogP contribution in [0.15, 0.2) is 11.4 Å². The largest absolute Gasteiger partial charge is 0.477 e. The van der Waals surface area contributed by atoms with Crippen molar-refractivity contribution < 1.29 is 14.7 Å². The van der Waals surface area contributed by atoms with Crippen molar-refractivity contribution in [3.63, 3.8) is 0 Å². The van der Waals surface area contributed by atoms with Crippen molar-refractivity contribution in [3.05, 3.63) is 16.3 Å². The van der Waals surface area contributed by atoms with Crippen molar-refractivity contribution in [2.24, 2.45) is 0 Å². The number of carbonyl (C=O) groups excluding carboxylic acids is 1. The summed E-state index contributed by atoms with van der Waals surface area (Å²) in [5.41, 5.74) is 0.427. The fourth-order valence-corrected chi connectivity index (χ4v) is 1.75. The lowest BCUT2D eigenvalue weighted by Gasteiger charge is -2.07. The molecule has 3 N–H and O–H groups in total. The van der Waals surface area contributed by atoms with E-state index in [1.165, 1.54) is 0 Å². The van der Waals surface area contributed by atoms with Crippen LogP contribution in [-0.4, -0.2) is 29.0 Å². The smallest absolute Gasteiger partial charge is 0.348 e. The quantitative estimate of drug-likeness (QED) is 0.540. The minimum Gasteiger partial charge on any atom is -0.477 e. The third-order valence-electron chi connectivity index (χ3n) is 1.45. The van der Waals surface area contributed by atoms with Crippen molar-refractivity contribution in [1.82, 2.24) is 5.32 Å². The molecule has 0 saturated carbocycles. The van der Waals surface area contributed by atoms with E-state index in [0.29, 0.717) is 12.0 Å². The van der Waals surface area contributed by atoms with Crippen molar-refractivity contribution in [1.29, 1.82) is 0 Å². The van der Waals surface area contributed by atoms with Gasteiger partial charge in [0.05, 0.1) is 12.2 Å². The van der Waals surface area contributed by atoms with Gasteiger partial charge in [0.1, 0.15) is 11.2 Å². The molecule has 0 unspecified atom stereocenters. The van der Waals surface area contributed by atoms with Gasteiger partial charge in [-0.15, -0.1) is 11.3 Å². The molecule has 1 aromatic heterocycles. The summed E-state index contributed by atoms with van der Waals surface area (Å²) in [6.45, 7) is 0.0956. The Balaban J connectivity index is 2.64. The number of thiophene rings is 1. The van der Waals surface area contributed by atoms with E-state index in [-0.39, 0.29) is 16.5 Å². The first-order chi connectivity index (χ1) is 7.15. The van der Waals surface area contributed by atoms with E-state index in [0.717, 1.165) is 11.3 Å². The Kier molecular flexibility index (Phi) is 4.19. The normalized spacial score (nSPS) is 9.33. The van der Waals surface area contributed by atoms with E-state index in [4.69, 9.17) is 17.3 Å². The van der Waals surface area contributed by atoms with Gasteiger partial charge in [-0.3, -0.25) is 0 Å². The van der Waals surface area contributed by atoms with Gasteiger partial charge in [0.15, 0.2) is 5.11 Å². The highest BCUT2D eigenvalue weighted by Gasteiger charge is 2.11. The van der Waals surface area contributed by atoms with E-state index in [9.17, 15) is 9.59 Å². The topological polar surface area (TPSA) is 78.4 Å². The SMILES string of the molecule is O=CCNC(=S)Nc1ccsc1C(=O)O. The molecule has 7 heteroatoms. The number of anilines is 1. The summed E-state index contributed by atoms with van der Waals surface area (Å²) in [6.07, 6.45) is 0.666. The van der Waals surface area contributed by atoms with Crippen LogP contribution in [0.1, 0.15) is 9.67 Å². The Morgan fingerprint density at radius 1 is 1.67 bits per heavy atom. The zero-order chi connectivity index (χ0) is 11.3. The number of hydrogen-bond acceptors (Lipinski definition) is 4. The molecule has 0 spiro atoms. The summed E-state index contributed by atoms with van der Waals surface area (Å²) in [4.78, 5) is 21.0. The predicted octanol–water partition coefficient (Wildman–Crippen LogP) is 0.932. The molecule has 0 radical (unpaired) electrons. The monoisotopic (exact) mass is 244 g/mol. The molecule has 0 amide bonds. The molecule has 0 aromatic carbocycles. The molecule has 0 fully saturated rings. The Labute approximate surface area is 95.1 Å². The Bertz CT molecular complexity index is 389. The van der Waals surface area contributed by atoms with Gasteiger partial charge in [-0.1, -0.05) is 0 Å². The highest BCUT2D eigenvalue weighted by molar-refractivity contribution is 7.80. The van der Waals surface area contributed by atoms with Gasteiger partial charge in [-0.25, -0.2) is 4.79 Å². The van der Waals surface area contributed by atoms with Crippen molar-refractivity contribution >= 4 is 46.6 Å². The highest BCUT2D eigenvalue weighted by atomic mass is 32.1. The van der Waals surface area contributed by atoms with Crippen molar-refractivity contribution in [2.75, 3.05) is 11.9 Å². The lowest BCUT2D eigenvalue weighted by atomic mass is 10.4. The first-order valence-electron chi connectivity index (χ1n) is 3.94. The van der Waals surface area contributed by atoms with Crippen LogP contribution < -0.4 is 10.6 Å². The van der Waals surface area contributed by atoms with Gasteiger partial charge in [0.2, 0.25) is 0 Å².